The fourth-order valence-corrected chi connectivity index (χ4v) is 3.24. The smallest absolute Gasteiger partial charge is 0.188 e. The van der Waals surface area contributed by atoms with Gasteiger partial charge in [0, 0.05) is 0 Å². The number of aliphatic hydroxyl groups is 6. The van der Waals surface area contributed by atoms with E-state index in [0.29, 0.717) is 5.56 Å². The number of benzene rings is 1. The van der Waals surface area contributed by atoms with Crippen LogP contribution in [0.15, 0.2) is 30.3 Å². The van der Waals surface area contributed by atoms with E-state index in [2.05, 4.69) is 0 Å². The molecule has 0 aromatic heterocycles. The van der Waals surface area contributed by atoms with E-state index in [4.69, 9.17) is 24.1 Å². The zero-order chi connectivity index (χ0) is 21.9. The third kappa shape index (κ3) is 4.63. The molecule has 11 heteroatoms. The summed E-state index contributed by atoms with van der Waals surface area (Å²) in [4.78, 5) is 0. The van der Waals surface area contributed by atoms with Gasteiger partial charge >= 0.3 is 0 Å². The standard InChI is InChI=1S/C19H25NO10/c20-6-11(10-4-2-1-3-5-10)29-17-15(24)14(23)13(22)12(30-17)7-27-18-16(25)19(26,8-21)9-28-18/h1-5,11-18,21-26H,7-9H2/t11-,12+,13+,14-,15+,16-,17+,18+,19+/m0/s1. The van der Waals surface area contributed by atoms with Crippen molar-refractivity contribution in [2.45, 2.75) is 54.8 Å². The molecule has 3 rings (SSSR count). The van der Waals surface area contributed by atoms with Crippen LogP contribution in [0.25, 0.3) is 0 Å². The zero-order valence-electron chi connectivity index (χ0n) is 15.9. The molecule has 1 aromatic carbocycles. The van der Waals surface area contributed by atoms with Crippen LogP contribution in [0.4, 0.5) is 0 Å². The Morgan fingerprint density at radius 1 is 1.10 bits per heavy atom. The molecule has 0 spiro atoms. The van der Waals surface area contributed by atoms with Crippen LogP contribution < -0.4 is 0 Å². The van der Waals surface area contributed by atoms with Crippen molar-refractivity contribution in [3.05, 3.63) is 35.9 Å². The first-order chi connectivity index (χ1) is 14.3. The van der Waals surface area contributed by atoms with E-state index in [0.717, 1.165) is 0 Å². The van der Waals surface area contributed by atoms with E-state index < -0.39 is 68.0 Å². The summed E-state index contributed by atoms with van der Waals surface area (Å²) in [6.45, 7) is -1.51. The number of aliphatic hydroxyl groups excluding tert-OH is 5. The summed E-state index contributed by atoms with van der Waals surface area (Å²) < 4.78 is 21.5. The Morgan fingerprint density at radius 2 is 1.80 bits per heavy atom. The molecule has 2 saturated heterocycles. The van der Waals surface area contributed by atoms with E-state index in [-0.39, 0.29) is 6.61 Å². The molecule has 0 aliphatic carbocycles. The van der Waals surface area contributed by atoms with Crippen LogP contribution in [-0.4, -0.2) is 99.2 Å². The Bertz CT molecular complexity index is 730. The van der Waals surface area contributed by atoms with Gasteiger partial charge in [-0.05, 0) is 5.56 Å². The van der Waals surface area contributed by atoms with Crippen LogP contribution in [-0.2, 0) is 18.9 Å². The Hall–Kier alpha value is -1.69. The van der Waals surface area contributed by atoms with E-state index in [1.54, 1.807) is 30.3 Å². The highest BCUT2D eigenvalue weighted by atomic mass is 16.7. The molecular formula is C19H25NO10. The average molecular weight is 427 g/mol. The first kappa shape index (κ1) is 23.0. The van der Waals surface area contributed by atoms with Gasteiger partial charge in [-0.1, -0.05) is 30.3 Å². The highest BCUT2D eigenvalue weighted by molar-refractivity contribution is 5.22. The fourth-order valence-electron chi connectivity index (χ4n) is 3.24. The largest absolute Gasteiger partial charge is 0.393 e. The second-order valence-electron chi connectivity index (χ2n) is 7.29. The topological polar surface area (TPSA) is 182 Å². The van der Waals surface area contributed by atoms with E-state index >= 15 is 0 Å². The van der Waals surface area contributed by atoms with Crippen molar-refractivity contribution in [3.63, 3.8) is 0 Å². The van der Waals surface area contributed by atoms with Crippen molar-refractivity contribution in [2.75, 3.05) is 19.8 Å². The fraction of sp³-hybridized carbons (Fsp3) is 0.632. The van der Waals surface area contributed by atoms with Gasteiger partial charge in [0.1, 0.15) is 36.1 Å². The Morgan fingerprint density at radius 3 is 2.40 bits per heavy atom. The Labute approximate surface area is 172 Å². The SMILES string of the molecule is N#C[C@H](O[C@@H]1O[C@H](CO[C@@H]2OC[C@](O)(CO)[C@H]2O)[C@@H](O)[C@H](O)[C@H]1O)c1ccccc1. The van der Waals surface area contributed by atoms with Gasteiger partial charge in [0.15, 0.2) is 18.7 Å². The number of nitriles is 1. The number of hydrogen-bond donors (Lipinski definition) is 6. The lowest BCUT2D eigenvalue weighted by Gasteiger charge is -2.41. The minimum absolute atomic E-state index is 0.364. The quantitative estimate of drug-likeness (QED) is 0.271. The van der Waals surface area contributed by atoms with Gasteiger partial charge in [-0.25, -0.2) is 0 Å². The molecule has 2 fully saturated rings. The molecule has 9 atom stereocenters. The second kappa shape index (κ2) is 9.63. The summed E-state index contributed by atoms with van der Waals surface area (Å²) in [5, 5.41) is 69.1. The minimum atomic E-state index is -1.88. The second-order valence-corrected chi connectivity index (χ2v) is 7.29. The van der Waals surface area contributed by atoms with Crippen LogP contribution in [0.3, 0.4) is 0 Å². The molecule has 0 amide bonds. The van der Waals surface area contributed by atoms with Crippen LogP contribution in [0, 0.1) is 11.3 Å². The molecule has 30 heavy (non-hydrogen) atoms. The maximum absolute atomic E-state index is 10.2. The third-order valence-corrected chi connectivity index (χ3v) is 5.16. The lowest BCUT2D eigenvalue weighted by atomic mass is 9.99. The van der Waals surface area contributed by atoms with Crippen molar-refractivity contribution in [1.82, 2.24) is 0 Å². The number of ether oxygens (including phenoxy) is 4. The van der Waals surface area contributed by atoms with Crippen molar-refractivity contribution in [2.24, 2.45) is 0 Å². The number of rotatable bonds is 7. The number of hydrogen-bond acceptors (Lipinski definition) is 11. The van der Waals surface area contributed by atoms with Gasteiger partial charge in [-0.15, -0.1) is 0 Å². The summed E-state index contributed by atoms with van der Waals surface area (Å²) in [6, 6.07) is 10.4. The zero-order valence-corrected chi connectivity index (χ0v) is 15.9. The van der Waals surface area contributed by atoms with Crippen LogP contribution in [0.5, 0.6) is 0 Å². The Balaban J connectivity index is 1.64. The predicted octanol–water partition coefficient (Wildman–Crippen LogP) is -2.47. The van der Waals surface area contributed by atoms with Crippen LogP contribution >= 0.6 is 0 Å². The van der Waals surface area contributed by atoms with Gasteiger partial charge in [0.25, 0.3) is 0 Å². The maximum atomic E-state index is 10.2. The summed E-state index contributed by atoms with van der Waals surface area (Å²) in [5.41, 5.74) is -1.37. The van der Waals surface area contributed by atoms with Crippen molar-refractivity contribution < 1.29 is 49.6 Å². The van der Waals surface area contributed by atoms with Gasteiger partial charge < -0.3 is 49.6 Å². The molecule has 2 heterocycles. The van der Waals surface area contributed by atoms with Crippen molar-refractivity contribution in [3.8, 4) is 6.07 Å². The molecule has 6 N–H and O–H groups in total. The van der Waals surface area contributed by atoms with Crippen molar-refractivity contribution >= 4 is 0 Å². The summed E-state index contributed by atoms with van der Waals surface area (Å²) in [5.74, 6) is 0. The highest BCUT2D eigenvalue weighted by Gasteiger charge is 2.50. The molecule has 2 aliphatic rings. The first-order valence-corrected chi connectivity index (χ1v) is 9.35. The maximum Gasteiger partial charge on any atom is 0.188 e. The third-order valence-electron chi connectivity index (χ3n) is 5.16. The van der Waals surface area contributed by atoms with Crippen LogP contribution in [0.1, 0.15) is 11.7 Å². The van der Waals surface area contributed by atoms with Gasteiger partial charge in [0.05, 0.1) is 25.9 Å². The van der Waals surface area contributed by atoms with Gasteiger partial charge in [0.2, 0.25) is 0 Å². The van der Waals surface area contributed by atoms with Gasteiger partial charge in [-0.2, -0.15) is 5.26 Å². The average Bonchev–Trinajstić information content (AvgIpc) is 3.06. The van der Waals surface area contributed by atoms with Crippen molar-refractivity contribution in [1.29, 1.82) is 5.26 Å². The lowest BCUT2D eigenvalue weighted by molar-refractivity contribution is -0.315. The molecule has 2 aliphatic heterocycles. The molecule has 0 unspecified atom stereocenters. The lowest BCUT2D eigenvalue weighted by Crippen LogP contribution is -2.59. The molecule has 11 nitrogen and oxygen atoms in total. The molecule has 1 aromatic rings. The summed E-state index contributed by atoms with van der Waals surface area (Å²) >= 11 is 0. The molecular weight excluding hydrogens is 402 g/mol. The van der Waals surface area contributed by atoms with E-state index in [9.17, 15) is 30.8 Å². The number of nitrogens with zero attached hydrogens (tertiary/aromatic N) is 1. The minimum Gasteiger partial charge on any atom is -0.393 e. The van der Waals surface area contributed by atoms with Gasteiger partial charge in [-0.3, -0.25) is 0 Å². The van der Waals surface area contributed by atoms with E-state index in [1.807, 2.05) is 6.07 Å². The Kier molecular flexibility index (Phi) is 7.38. The molecule has 0 bridgehead atoms. The summed E-state index contributed by atoms with van der Waals surface area (Å²) in [6.07, 6.45) is -11.5. The molecule has 0 radical (unpaired) electrons. The monoisotopic (exact) mass is 427 g/mol. The highest BCUT2D eigenvalue weighted by Crippen LogP contribution is 2.29. The first-order valence-electron chi connectivity index (χ1n) is 9.35. The molecule has 166 valence electrons. The predicted molar refractivity (Wildman–Crippen MR) is 96.3 cm³/mol. The summed E-state index contributed by atoms with van der Waals surface area (Å²) in [7, 11) is 0. The normalized spacial score (nSPS) is 40.1. The van der Waals surface area contributed by atoms with Crippen LogP contribution in [0.2, 0.25) is 0 Å². The van der Waals surface area contributed by atoms with E-state index in [1.165, 1.54) is 0 Å². The molecule has 0 saturated carbocycles.